The van der Waals surface area contributed by atoms with Gasteiger partial charge in [-0.1, -0.05) is 36.4 Å². The molecule has 3 N–H and O–H groups in total. The van der Waals surface area contributed by atoms with Gasteiger partial charge in [0.1, 0.15) is 6.04 Å². The van der Waals surface area contributed by atoms with Crippen LogP contribution in [0.5, 0.6) is 0 Å². The van der Waals surface area contributed by atoms with E-state index in [9.17, 15) is 18.0 Å². The lowest BCUT2D eigenvalue weighted by atomic mass is 10.2. The van der Waals surface area contributed by atoms with E-state index in [-0.39, 0.29) is 24.0 Å². The van der Waals surface area contributed by atoms with Gasteiger partial charge in [0.25, 0.3) is 11.8 Å². The number of benzene rings is 2. The molecule has 2 aromatic rings. The number of amidine groups is 1. The van der Waals surface area contributed by atoms with Gasteiger partial charge >= 0.3 is 0 Å². The number of hydrazine groups is 1. The number of hydrogen-bond donors (Lipinski definition) is 3. The zero-order valence-electron chi connectivity index (χ0n) is 16.9. The van der Waals surface area contributed by atoms with Gasteiger partial charge in [0.15, 0.2) is 0 Å². The number of carbonyl (C=O) groups is 2. The van der Waals surface area contributed by atoms with Crippen LogP contribution in [0.15, 0.2) is 72.2 Å². The molecule has 162 valence electrons. The summed E-state index contributed by atoms with van der Waals surface area (Å²) in [5.41, 5.74) is 4.38. The van der Waals surface area contributed by atoms with Gasteiger partial charge in [-0.3, -0.25) is 15.0 Å². The molecular formula is C21H23N5O4S. The van der Waals surface area contributed by atoms with E-state index < -0.39 is 22.0 Å². The van der Waals surface area contributed by atoms with E-state index in [1.165, 1.54) is 11.1 Å². The van der Waals surface area contributed by atoms with Crippen molar-refractivity contribution in [3.05, 3.63) is 72.8 Å². The second-order valence-corrected chi connectivity index (χ2v) is 8.63. The Morgan fingerprint density at radius 1 is 1.19 bits per heavy atom. The third-order valence-corrected chi connectivity index (χ3v) is 5.68. The summed E-state index contributed by atoms with van der Waals surface area (Å²) in [5.74, 6) is -0.988. The fourth-order valence-electron chi connectivity index (χ4n) is 2.83. The van der Waals surface area contributed by atoms with Crippen molar-refractivity contribution in [1.82, 2.24) is 10.1 Å². The maximum Gasteiger partial charge on any atom is 0.292 e. The van der Waals surface area contributed by atoms with Crippen LogP contribution in [0.3, 0.4) is 0 Å². The first-order valence-corrected chi connectivity index (χ1v) is 11.2. The summed E-state index contributed by atoms with van der Waals surface area (Å²) in [6.45, 7) is 5.25. The molecule has 0 aromatic heterocycles. The van der Waals surface area contributed by atoms with Crippen molar-refractivity contribution in [1.29, 1.82) is 0 Å². The number of hydrogen-bond acceptors (Lipinski definition) is 6. The molecule has 9 nitrogen and oxygen atoms in total. The van der Waals surface area contributed by atoms with Gasteiger partial charge in [-0.25, -0.2) is 23.1 Å². The molecule has 0 saturated heterocycles. The van der Waals surface area contributed by atoms with E-state index >= 15 is 0 Å². The summed E-state index contributed by atoms with van der Waals surface area (Å²) < 4.78 is 26.3. The highest BCUT2D eigenvalue weighted by atomic mass is 32.2. The molecule has 2 aromatic carbocycles. The molecule has 31 heavy (non-hydrogen) atoms. The first kappa shape index (κ1) is 22.2. The molecule has 3 rings (SSSR count). The number of para-hydroxylation sites is 1. The topological polar surface area (TPSA) is 120 Å². The Balaban J connectivity index is 1.67. The Labute approximate surface area is 180 Å². The largest absolute Gasteiger partial charge is 0.319 e. The fraction of sp³-hybridized carbons (Fsp3) is 0.190. The van der Waals surface area contributed by atoms with Crippen LogP contribution >= 0.6 is 0 Å². The molecule has 0 saturated carbocycles. The highest BCUT2D eigenvalue weighted by molar-refractivity contribution is 7.88. The summed E-state index contributed by atoms with van der Waals surface area (Å²) in [6, 6.07) is 14.6. The van der Waals surface area contributed by atoms with Crippen LogP contribution in [-0.4, -0.2) is 38.7 Å². The second kappa shape index (κ2) is 9.54. The predicted molar refractivity (Wildman–Crippen MR) is 120 cm³/mol. The van der Waals surface area contributed by atoms with Gasteiger partial charge in [-0.05, 0) is 36.8 Å². The minimum Gasteiger partial charge on any atom is -0.319 e. The van der Waals surface area contributed by atoms with E-state index in [1.54, 1.807) is 55.5 Å². The fourth-order valence-corrected chi connectivity index (χ4v) is 3.94. The summed E-state index contributed by atoms with van der Waals surface area (Å²) in [4.78, 5) is 29.2. The standard InChI is InChI=1S/C21H23N5O4S/c1-3-13-22-31(29,30)14-16-9-11-17(12-10-16)24-20(27)19-23-15(2)21(28)26(25-19)18-7-5-4-6-8-18/h3-12,15,22H,1,13-14H2,2H3,(H,23,25)(H,24,27). The van der Waals surface area contributed by atoms with Crippen molar-refractivity contribution in [2.45, 2.75) is 18.7 Å². The molecule has 2 amide bonds. The first-order chi connectivity index (χ1) is 14.8. The number of aliphatic imine (C=N–C) groups is 1. The zero-order chi connectivity index (χ0) is 22.4. The number of nitrogens with zero attached hydrogens (tertiary/aromatic N) is 2. The molecule has 1 aliphatic heterocycles. The molecule has 0 radical (unpaired) electrons. The second-order valence-electron chi connectivity index (χ2n) is 6.82. The van der Waals surface area contributed by atoms with Crippen LogP contribution in [0.4, 0.5) is 11.4 Å². The number of anilines is 2. The molecule has 10 heteroatoms. The molecule has 0 fully saturated rings. The van der Waals surface area contributed by atoms with Crippen LogP contribution in [-0.2, 0) is 25.4 Å². The van der Waals surface area contributed by atoms with Crippen molar-refractivity contribution >= 4 is 39.0 Å². The Morgan fingerprint density at radius 3 is 2.52 bits per heavy atom. The summed E-state index contributed by atoms with van der Waals surface area (Å²) >= 11 is 0. The van der Waals surface area contributed by atoms with Crippen LogP contribution < -0.4 is 20.5 Å². The van der Waals surface area contributed by atoms with Crippen LogP contribution in [0.2, 0.25) is 0 Å². The van der Waals surface area contributed by atoms with E-state index in [2.05, 4.69) is 27.0 Å². The molecule has 1 unspecified atom stereocenters. The Morgan fingerprint density at radius 2 is 1.87 bits per heavy atom. The molecule has 0 aliphatic carbocycles. The lowest BCUT2D eigenvalue weighted by molar-refractivity contribution is -0.120. The minimum atomic E-state index is -3.47. The molecule has 1 heterocycles. The normalized spacial score (nSPS) is 16.3. The van der Waals surface area contributed by atoms with E-state index in [0.29, 0.717) is 16.9 Å². The van der Waals surface area contributed by atoms with E-state index in [0.717, 1.165) is 0 Å². The predicted octanol–water partition coefficient (Wildman–Crippen LogP) is 1.57. The maximum absolute atomic E-state index is 12.7. The van der Waals surface area contributed by atoms with Gasteiger partial charge in [-0.2, -0.15) is 0 Å². The first-order valence-electron chi connectivity index (χ1n) is 9.51. The van der Waals surface area contributed by atoms with Gasteiger partial charge in [0, 0.05) is 12.2 Å². The van der Waals surface area contributed by atoms with Crippen molar-refractivity contribution < 1.29 is 18.0 Å². The van der Waals surface area contributed by atoms with Crippen molar-refractivity contribution in [2.75, 3.05) is 16.9 Å². The molecule has 1 atom stereocenters. The Bertz CT molecular complexity index is 1100. The summed E-state index contributed by atoms with van der Waals surface area (Å²) in [6.07, 6.45) is 1.46. The van der Waals surface area contributed by atoms with Gasteiger partial charge in [0.05, 0.1) is 11.4 Å². The highest BCUT2D eigenvalue weighted by Crippen LogP contribution is 2.17. The number of carbonyl (C=O) groups excluding carboxylic acids is 2. The molecule has 1 aliphatic rings. The number of sulfonamides is 1. The lowest BCUT2D eigenvalue weighted by Gasteiger charge is -2.30. The Kier molecular flexibility index (Phi) is 6.83. The number of rotatable bonds is 8. The third-order valence-electron chi connectivity index (χ3n) is 4.36. The van der Waals surface area contributed by atoms with E-state index in [4.69, 9.17) is 0 Å². The minimum absolute atomic E-state index is 0.00349. The monoisotopic (exact) mass is 441 g/mol. The molecular weight excluding hydrogens is 418 g/mol. The van der Waals surface area contributed by atoms with Crippen molar-refractivity contribution in [3.8, 4) is 0 Å². The summed E-state index contributed by atoms with van der Waals surface area (Å²) in [5, 5.41) is 3.98. The molecule has 0 bridgehead atoms. The maximum atomic E-state index is 12.7. The van der Waals surface area contributed by atoms with Gasteiger partial charge in [-0.15, -0.1) is 6.58 Å². The third kappa shape index (κ3) is 5.77. The van der Waals surface area contributed by atoms with Gasteiger partial charge < -0.3 is 5.32 Å². The number of amides is 2. The van der Waals surface area contributed by atoms with Crippen molar-refractivity contribution in [2.24, 2.45) is 4.99 Å². The molecule has 0 spiro atoms. The smallest absolute Gasteiger partial charge is 0.292 e. The zero-order valence-corrected chi connectivity index (χ0v) is 17.7. The highest BCUT2D eigenvalue weighted by Gasteiger charge is 2.30. The lowest BCUT2D eigenvalue weighted by Crippen LogP contribution is -2.57. The summed E-state index contributed by atoms with van der Waals surface area (Å²) in [7, 11) is -3.47. The SMILES string of the molecule is C=CCNS(=O)(=O)Cc1ccc(NC(=O)C2=NC(C)C(=O)N(c3ccccc3)N2)cc1. The van der Waals surface area contributed by atoms with Gasteiger partial charge in [0.2, 0.25) is 15.9 Å². The van der Waals surface area contributed by atoms with E-state index in [1.807, 2.05) is 6.07 Å². The quantitative estimate of drug-likeness (QED) is 0.537. The average Bonchev–Trinajstić information content (AvgIpc) is 2.76. The van der Waals surface area contributed by atoms with Crippen LogP contribution in [0, 0.1) is 0 Å². The Hall–Kier alpha value is -3.50. The van der Waals surface area contributed by atoms with Crippen LogP contribution in [0.25, 0.3) is 0 Å². The average molecular weight is 442 g/mol. The van der Waals surface area contributed by atoms with Crippen LogP contribution in [0.1, 0.15) is 12.5 Å². The number of nitrogens with one attached hydrogen (secondary N) is 3. The van der Waals surface area contributed by atoms with Crippen molar-refractivity contribution in [3.63, 3.8) is 0 Å².